The minimum absolute atomic E-state index is 0.0116. The second kappa shape index (κ2) is 11.8. The lowest BCUT2D eigenvalue weighted by Crippen LogP contribution is -2.29. The fraction of sp³-hybridized carbons (Fsp3) is 0.231. The zero-order chi connectivity index (χ0) is 28.1. The molecular formula is C26H22O13. The fourth-order valence-corrected chi connectivity index (χ4v) is 3.62. The van der Waals surface area contributed by atoms with Crippen molar-refractivity contribution in [3.63, 3.8) is 0 Å². The SMILES string of the molecule is O=C(O)c1cc(=O)c2c(OCC(O)COCC(O)COc3cccc4oc(C(=O)O)cc(=O)c34)cccc2o1. The monoisotopic (exact) mass is 542 g/mol. The first-order valence-electron chi connectivity index (χ1n) is 11.4. The van der Waals surface area contributed by atoms with E-state index in [4.69, 9.17) is 33.3 Å². The average molecular weight is 542 g/mol. The molecule has 13 nitrogen and oxygen atoms in total. The molecule has 0 saturated heterocycles. The zero-order valence-electron chi connectivity index (χ0n) is 20.1. The highest BCUT2D eigenvalue weighted by Gasteiger charge is 2.17. The van der Waals surface area contributed by atoms with Gasteiger partial charge in [0.1, 0.15) is 58.9 Å². The van der Waals surface area contributed by atoms with Gasteiger partial charge in [-0.15, -0.1) is 0 Å². The summed E-state index contributed by atoms with van der Waals surface area (Å²) >= 11 is 0. The second-order valence-electron chi connectivity index (χ2n) is 8.29. The largest absolute Gasteiger partial charge is 0.490 e. The van der Waals surface area contributed by atoms with Crippen LogP contribution < -0.4 is 20.3 Å². The first kappa shape index (κ1) is 27.3. The molecule has 0 saturated carbocycles. The van der Waals surface area contributed by atoms with Crippen molar-refractivity contribution in [1.82, 2.24) is 0 Å². The van der Waals surface area contributed by atoms with Crippen LogP contribution in [-0.2, 0) is 4.74 Å². The smallest absolute Gasteiger partial charge is 0.371 e. The minimum atomic E-state index is -1.39. The van der Waals surface area contributed by atoms with Crippen LogP contribution in [0.15, 0.2) is 67.0 Å². The molecule has 0 spiro atoms. The van der Waals surface area contributed by atoms with Crippen LogP contribution in [0, 0.1) is 0 Å². The molecule has 204 valence electrons. The van der Waals surface area contributed by atoms with E-state index < -0.39 is 46.5 Å². The predicted octanol–water partition coefficient (Wildman–Crippen LogP) is 1.49. The Morgan fingerprint density at radius 2 is 1.10 bits per heavy atom. The minimum Gasteiger partial charge on any atom is -0.490 e. The number of carboxylic acid groups (broad SMARTS) is 2. The third-order valence-electron chi connectivity index (χ3n) is 5.34. The molecule has 0 bridgehead atoms. The molecule has 2 atom stereocenters. The third kappa shape index (κ3) is 6.41. The molecule has 0 amide bonds. The van der Waals surface area contributed by atoms with E-state index in [1.54, 1.807) is 0 Å². The Balaban J connectivity index is 1.28. The summed E-state index contributed by atoms with van der Waals surface area (Å²) in [4.78, 5) is 46.8. The number of hydrogen-bond donors (Lipinski definition) is 4. The molecule has 2 aromatic carbocycles. The Hall–Kier alpha value is -4.72. The van der Waals surface area contributed by atoms with Gasteiger partial charge in [0, 0.05) is 12.1 Å². The van der Waals surface area contributed by atoms with Crippen LogP contribution in [0.1, 0.15) is 21.1 Å². The van der Waals surface area contributed by atoms with Crippen LogP contribution in [0.5, 0.6) is 11.5 Å². The number of aliphatic hydroxyl groups excluding tert-OH is 2. The molecule has 4 rings (SSSR count). The molecule has 2 unspecified atom stereocenters. The van der Waals surface area contributed by atoms with Gasteiger partial charge in [0.05, 0.1) is 13.2 Å². The average Bonchev–Trinajstić information content (AvgIpc) is 2.90. The van der Waals surface area contributed by atoms with Gasteiger partial charge < -0.3 is 43.5 Å². The van der Waals surface area contributed by atoms with Crippen molar-refractivity contribution < 1.29 is 53.1 Å². The number of aliphatic hydroxyl groups is 2. The molecule has 39 heavy (non-hydrogen) atoms. The van der Waals surface area contributed by atoms with Gasteiger partial charge in [-0.2, -0.15) is 0 Å². The molecule has 0 fully saturated rings. The summed E-state index contributed by atoms with van der Waals surface area (Å²) in [6.07, 6.45) is -2.30. The fourth-order valence-electron chi connectivity index (χ4n) is 3.62. The molecule has 2 aromatic heterocycles. The Bertz CT molecular complexity index is 1510. The molecule has 4 aromatic rings. The first-order valence-corrected chi connectivity index (χ1v) is 11.4. The topological polar surface area (TPSA) is 203 Å². The van der Waals surface area contributed by atoms with Crippen molar-refractivity contribution in [3.8, 4) is 11.5 Å². The van der Waals surface area contributed by atoms with Gasteiger partial charge in [-0.3, -0.25) is 9.59 Å². The molecule has 13 heteroatoms. The van der Waals surface area contributed by atoms with Crippen LogP contribution in [0.25, 0.3) is 21.9 Å². The standard InChI is InChI=1S/C26H22O13/c27-13(11-36-17-3-1-5-19-23(17)15(29)7-21(38-19)25(31)32)9-35-10-14(28)12-37-18-4-2-6-20-24(18)16(30)8-22(39-20)26(33)34/h1-8,13-14,27-28H,9-12H2,(H,31,32)(H,33,34). The van der Waals surface area contributed by atoms with Crippen molar-refractivity contribution in [3.05, 3.63) is 80.5 Å². The summed E-state index contributed by atoms with van der Waals surface area (Å²) in [5, 5.41) is 38.4. The maximum absolute atomic E-state index is 12.3. The molecule has 0 aliphatic rings. The van der Waals surface area contributed by atoms with Gasteiger partial charge in [0.15, 0.2) is 10.9 Å². The Kier molecular flexibility index (Phi) is 8.24. The molecule has 4 N–H and O–H groups in total. The maximum atomic E-state index is 12.3. The summed E-state index contributed by atoms with van der Waals surface area (Å²) in [7, 11) is 0. The lowest BCUT2D eigenvalue weighted by Gasteiger charge is -2.16. The maximum Gasteiger partial charge on any atom is 0.371 e. The Morgan fingerprint density at radius 1 is 0.692 bits per heavy atom. The summed E-state index contributed by atoms with van der Waals surface area (Å²) < 4.78 is 26.7. The number of rotatable bonds is 12. The molecule has 0 aliphatic heterocycles. The Labute approximate surface area is 218 Å². The van der Waals surface area contributed by atoms with Gasteiger partial charge in [-0.1, -0.05) is 12.1 Å². The quantitative estimate of drug-likeness (QED) is 0.201. The molecular weight excluding hydrogens is 520 g/mol. The summed E-state index contributed by atoms with van der Waals surface area (Å²) in [6.45, 7) is -1.04. The number of carboxylic acids is 2. The van der Waals surface area contributed by atoms with E-state index in [0.29, 0.717) is 0 Å². The van der Waals surface area contributed by atoms with E-state index >= 15 is 0 Å². The van der Waals surface area contributed by atoms with Crippen molar-refractivity contribution in [1.29, 1.82) is 0 Å². The summed E-state index contributed by atoms with van der Waals surface area (Å²) in [6, 6.07) is 10.4. The van der Waals surface area contributed by atoms with Crippen LogP contribution >= 0.6 is 0 Å². The van der Waals surface area contributed by atoms with Gasteiger partial charge in [0.2, 0.25) is 11.5 Å². The van der Waals surface area contributed by atoms with E-state index in [-0.39, 0.29) is 59.9 Å². The van der Waals surface area contributed by atoms with Crippen LogP contribution in [0.3, 0.4) is 0 Å². The lowest BCUT2D eigenvalue weighted by atomic mass is 10.2. The van der Waals surface area contributed by atoms with Crippen LogP contribution in [0.4, 0.5) is 0 Å². The highest BCUT2D eigenvalue weighted by molar-refractivity contribution is 5.90. The highest BCUT2D eigenvalue weighted by Crippen LogP contribution is 2.25. The van der Waals surface area contributed by atoms with Crippen molar-refractivity contribution in [2.24, 2.45) is 0 Å². The molecule has 2 heterocycles. The number of aromatic carboxylic acids is 2. The number of benzene rings is 2. The normalized spacial score (nSPS) is 12.8. The van der Waals surface area contributed by atoms with Crippen molar-refractivity contribution >= 4 is 33.9 Å². The summed E-state index contributed by atoms with van der Waals surface area (Å²) in [5.74, 6) is -3.65. The van der Waals surface area contributed by atoms with Gasteiger partial charge in [-0.05, 0) is 24.3 Å². The number of carbonyl (C=O) groups is 2. The van der Waals surface area contributed by atoms with Gasteiger partial charge in [0.25, 0.3) is 0 Å². The zero-order valence-corrected chi connectivity index (χ0v) is 20.1. The number of fused-ring (bicyclic) bond motifs is 2. The van der Waals surface area contributed by atoms with E-state index in [1.165, 1.54) is 36.4 Å². The molecule has 0 radical (unpaired) electrons. The Morgan fingerprint density at radius 3 is 1.49 bits per heavy atom. The third-order valence-corrected chi connectivity index (χ3v) is 5.34. The van der Waals surface area contributed by atoms with Crippen LogP contribution in [-0.4, -0.2) is 71.0 Å². The first-order chi connectivity index (χ1) is 18.6. The van der Waals surface area contributed by atoms with E-state index in [0.717, 1.165) is 12.1 Å². The number of ether oxygens (including phenoxy) is 3. The highest BCUT2D eigenvalue weighted by atomic mass is 16.5. The number of hydrogen-bond acceptors (Lipinski definition) is 11. The molecule has 0 aliphatic carbocycles. The lowest BCUT2D eigenvalue weighted by molar-refractivity contribution is -0.0306. The van der Waals surface area contributed by atoms with Crippen molar-refractivity contribution in [2.45, 2.75) is 12.2 Å². The van der Waals surface area contributed by atoms with Gasteiger partial charge in [-0.25, -0.2) is 9.59 Å². The van der Waals surface area contributed by atoms with Crippen LogP contribution in [0.2, 0.25) is 0 Å². The van der Waals surface area contributed by atoms with Gasteiger partial charge >= 0.3 is 11.9 Å². The summed E-state index contributed by atoms with van der Waals surface area (Å²) in [5.41, 5.74) is -1.22. The predicted molar refractivity (Wildman–Crippen MR) is 133 cm³/mol. The van der Waals surface area contributed by atoms with Crippen molar-refractivity contribution in [2.75, 3.05) is 26.4 Å². The second-order valence-corrected chi connectivity index (χ2v) is 8.29. The van der Waals surface area contributed by atoms with E-state index in [2.05, 4.69) is 0 Å². The van der Waals surface area contributed by atoms with E-state index in [1.807, 2.05) is 0 Å². The van der Waals surface area contributed by atoms with E-state index in [9.17, 15) is 29.4 Å².